The Bertz CT molecular complexity index is 918. The summed E-state index contributed by atoms with van der Waals surface area (Å²) in [5.74, 6) is 0.156. The Morgan fingerprint density at radius 2 is 2.04 bits per heavy atom. The molecule has 0 atom stereocenters. The van der Waals surface area contributed by atoms with Crippen molar-refractivity contribution in [3.63, 3.8) is 0 Å². The van der Waals surface area contributed by atoms with Crippen LogP contribution in [0.25, 0.3) is 0 Å². The van der Waals surface area contributed by atoms with Crippen LogP contribution in [0.1, 0.15) is 49.0 Å². The van der Waals surface area contributed by atoms with Gasteiger partial charge in [-0.3, -0.25) is 4.79 Å². The lowest BCUT2D eigenvalue weighted by atomic mass is 10.2. The number of furan rings is 1. The number of ether oxygens (including phenoxy) is 1. The highest BCUT2D eigenvalue weighted by molar-refractivity contribution is 7.14. The van der Waals surface area contributed by atoms with Gasteiger partial charge in [0, 0.05) is 16.3 Å². The summed E-state index contributed by atoms with van der Waals surface area (Å²) in [6, 6.07) is 9.22. The maximum absolute atomic E-state index is 12.4. The molecule has 0 unspecified atom stereocenters. The van der Waals surface area contributed by atoms with Crippen molar-refractivity contribution >= 4 is 23.1 Å². The van der Waals surface area contributed by atoms with E-state index in [0.29, 0.717) is 17.0 Å². The van der Waals surface area contributed by atoms with Crippen LogP contribution in [0.5, 0.6) is 0 Å². The van der Waals surface area contributed by atoms with Crippen LogP contribution in [-0.4, -0.2) is 22.9 Å². The third kappa shape index (κ3) is 3.80. The fourth-order valence-corrected chi connectivity index (χ4v) is 3.68. The van der Waals surface area contributed by atoms with Crippen LogP contribution in [0.15, 0.2) is 41.0 Å². The van der Waals surface area contributed by atoms with Crippen LogP contribution in [0.3, 0.4) is 0 Å². The second-order valence-corrected chi connectivity index (χ2v) is 7.24. The highest BCUT2D eigenvalue weighted by Gasteiger charge is 2.19. The Balaban J connectivity index is 1.67. The third-order valence-corrected chi connectivity index (χ3v) is 5.58. The molecular weight excluding hydrogens is 350 g/mol. The second kappa shape index (κ2) is 7.74. The molecule has 0 saturated carbocycles. The first kappa shape index (κ1) is 18.2. The van der Waals surface area contributed by atoms with Gasteiger partial charge in [-0.2, -0.15) is 0 Å². The summed E-state index contributed by atoms with van der Waals surface area (Å²) in [4.78, 5) is 26.4. The average molecular weight is 371 g/mol. The van der Waals surface area contributed by atoms with Crippen molar-refractivity contribution < 1.29 is 18.7 Å². The SMILES string of the molecule is CCc1ccc(C(=O)COC(=O)c2cc(C)n(Cc3ccco3)c2C)s1. The van der Waals surface area contributed by atoms with Gasteiger partial charge in [0.1, 0.15) is 5.76 Å². The minimum absolute atomic E-state index is 0.174. The number of carbonyl (C=O) groups is 2. The lowest BCUT2D eigenvalue weighted by molar-refractivity contribution is 0.0475. The van der Waals surface area contributed by atoms with E-state index in [1.807, 2.05) is 43.5 Å². The van der Waals surface area contributed by atoms with E-state index in [4.69, 9.17) is 9.15 Å². The van der Waals surface area contributed by atoms with E-state index in [2.05, 4.69) is 0 Å². The summed E-state index contributed by atoms with van der Waals surface area (Å²) in [6.45, 7) is 6.13. The molecule has 0 amide bonds. The first-order valence-electron chi connectivity index (χ1n) is 8.47. The summed E-state index contributed by atoms with van der Waals surface area (Å²) in [7, 11) is 0. The zero-order chi connectivity index (χ0) is 18.7. The van der Waals surface area contributed by atoms with Crippen LogP contribution in [-0.2, 0) is 17.7 Å². The molecule has 0 saturated heterocycles. The number of ketones is 1. The zero-order valence-electron chi connectivity index (χ0n) is 15.1. The number of esters is 1. The van der Waals surface area contributed by atoms with Gasteiger partial charge in [0.2, 0.25) is 5.78 Å². The molecule has 0 N–H and O–H groups in total. The number of Topliss-reactive ketones (excluding diaryl/α,β-unsaturated/α-hetero) is 1. The molecule has 0 radical (unpaired) electrons. The van der Waals surface area contributed by atoms with Gasteiger partial charge in [-0.1, -0.05) is 6.92 Å². The van der Waals surface area contributed by atoms with Crippen LogP contribution in [0.4, 0.5) is 0 Å². The van der Waals surface area contributed by atoms with Crippen LogP contribution in [0.2, 0.25) is 0 Å². The first-order chi connectivity index (χ1) is 12.5. The van der Waals surface area contributed by atoms with Crippen molar-refractivity contribution in [1.29, 1.82) is 0 Å². The molecule has 3 rings (SSSR count). The fraction of sp³-hybridized carbons (Fsp3) is 0.300. The normalized spacial score (nSPS) is 10.9. The lowest BCUT2D eigenvalue weighted by Crippen LogP contribution is -2.14. The predicted molar refractivity (Wildman–Crippen MR) is 100 cm³/mol. The molecular formula is C20H21NO4S. The van der Waals surface area contributed by atoms with Crippen molar-refractivity contribution in [2.24, 2.45) is 0 Å². The number of hydrogen-bond acceptors (Lipinski definition) is 5. The second-order valence-electron chi connectivity index (χ2n) is 6.07. The van der Waals surface area contributed by atoms with Crippen LogP contribution < -0.4 is 0 Å². The molecule has 0 fully saturated rings. The van der Waals surface area contributed by atoms with Gasteiger partial charge in [0.25, 0.3) is 0 Å². The number of aromatic nitrogens is 1. The van der Waals surface area contributed by atoms with E-state index < -0.39 is 5.97 Å². The lowest BCUT2D eigenvalue weighted by Gasteiger charge is -2.08. The molecule has 5 nitrogen and oxygen atoms in total. The predicted octanol–water partition coefficient (Wildman–Crippen LogP) is 4.41. The standard InChI is InChI=1S/C20H21NO4S/c1-4-16-7-8-19(26-16)18(22)12-25-20(23)17-10-13(2)21(14(17)3)11-15-6-5-9-24-15/h5-10H,4,11-12H2,1-3H3. The Morgan fingerprint density at radius 1 is 1.23 bits per heavy atom. The number of rotatable bonds is 7. The summed E-state index contributed by atoms with van der Waals surface area (Å²) in [5.41, 5.74) is 2.20. The largest absolute Gasteiger partial charge is 0.467 e. The van der Waals surface area contributed by atoms with Gasteiger partial charge in [0.15, 0.2) is 6.61 Å². The summed E-state index contributed by atoms with van der Waals surface area (Å²) in [5, 5.41) is 0. The first-order valence-corrected chi connectivity index (χ1v) is 9.29. The van der Waals surface area contributed by atoms with Crippen LogP contribution >= 0.6 is 11.3 Å². The Hall–Kier alpha value is -2.60. The summed E-state index contributed by atoms with van der Waals surface area (Å²) >= 11 is 1.44. The molecule has 0 bridgehead atoms. The highest BCUT2D eigenvalue weighted by Crippen LogP contribution is 2.20. The molecule has 26 heavy (non-hydrogen) atoms. The Morgan fingerprint density at radius 3 is 2.69 bits per heavy atom. The monoisotopic (exact) mass is 371 g/mol. The van der Waals surface area contributed by atoms with E-state index in [1.54, 1.807) is 18.4 Å². The smallest absolute Gasteiger partial charge is 0.340 e. The van der Waals surface area contributed by atoms with Gasteiger partial charge in [-0.05, 0) is 50.6 Å². The van der Waals surface area contributed by atoms with E-state index in [1.165, 1.54) is 11.3 Å². The number of hydrogen-bond donors (Lipinski definition) is 0. The van der Waals surface area contributed by atoms with Crippen molar-refractivity contribution in [3.05, 3.63) is 69.1 Å². The van der Waals surface area contributed by atoms with Gasteiger partial charge < -0.3 is 13.7 Å². The molecule has 0 aliphatic heterocycles. The Kier molecular flexibility index (Phi) is 5.42. The van der Waals surface area contributed by atoms with E-state index >= 15 is 0 Å². The average Bonchev–Trinajstić information content (AvgIpc) is 3.36. The molecule has 3 aromatic heterocycles. The molecule has 3 heterocycles. The Labute approximate surface area is 156 Å². The van der Waals surface area contributed by atoms with Crippen LogP contribution in [0, 0.1) is 13.8 Å². The molecule has 0 spiro atoms. The number of thiophene rings is 1. The highest BCUT2D eigenvalue weighted by atomic mass is 32.1. The molecule has 0 aromatic carbocycles. The van der Waals surface area contributed by atoms with Gasteiger partial charge in [-0.25, -0.2) is 4.79 Å². The van der Waals surface area contributed by atoms with E-state index in [9.17, 15) is 9.59 Å². The molecule has 136 valence electrons. The van der Waals surface area contributed by atoms with E-state index in [0.717, 1.165) is 28.4 Å². The molecule has 6 heteroatoms. The van der Waals surface area contributed by atoms with Crippen molar-refractivity contribution in [3.8, 4) is 0 Å². The summed E-state index contributed by atoms with van der Waals surface area (Å²) < 4.78 is 12.6. The topological polar surface area (TPSA) is 61.4 Å². The number of nitrogens with zero attached hydrogens (tertiary/aromatic N) is 1. The summed E-state index contributed by atoms with van der Waals surface area (Å²) in [6.07, 6.45) is 2.51. The molecule has 0 aliphatic rings. The maximum atomic E-state index is 12.4. The minimum Gasteiger partial charge on any atom is -0.467 e. The van der Waals surface area contributed by atoms with Crippen molar-refractivity contribution in [2.75, 3.05) is 6.61 Å². The van der Waals surface area contributed by atoms with E-state index in [-0.39, 0.29) is 12.4 Å². The van der Waals surface area contributed by atoms with Crippen molar-refractivity contribution in [2.45, 2.75) is 33.7 Å². The van der Waals surface area contributed by atoms with Gasteiger partial charge in [0.05, 0.1) is 23.2 Å². The van der Waals surface area contributed by atoms with Gasteiger partial charge in [-0.15, -0.1) is 11.3 Å². The zero-order valence-corrected chi connectivity index (χ0v) is 15.9. The number of aryl methyl sites for hydroxylation is 2. The minimum atomic E-state index is -0.482. The number of carbonyl (C=O) groups excluding carboxylic acids is 2. The third-order valence-electron chi connectivity index (χ3n) is 4.31. The van der Waals surface area contributed by atoms with Gasteiger partial charge >= 0.3 is 5.97 Å². The fourth-order valence-electron chi connectivity index (χ4n) is 2.81. The van der Waals surface area contributed by atoms with Crippen molar-refractivity contribution in [1.82, 2.24) is 4.57 Å². The molecule has 3 aromatic rings. The molecule has 0 aliphatic carbocycles. The quantitative estimate of drug-likeness (QED) is 0.456. The maximum Gasteiger partial charge on any atom is 0.340 e.